The molecule has 0 saturated heterocycles. The van der Waals surface area contributed by atoms with Crippen molar-refractivity contribution in [3.05, 3.63) is 12.2 Å². The summed E-state index contributed by atoms with van der Waals surface area (Å²) in [7, 11) is 0. The smallest absolute Gasteiger partial charge is 0.305 e. The minimum atomic E-state index is -0.00932. The van der Waals surface area contributed by atoms with Gasteiger partial charge < -0.3 is 4.74 Å². The summed E-state index contributed by atoms with van der Waals surface area (Å²) >= 11 is 0. The largest absolute Gasteiger partial charge is 0.466 e. The first-order valence-electron chi connectivity index (χ1n) is 10.6. The van der Waals surface area contributed by atoms with Gasteiger partial charge >= 0.3 is 5.97 Å². The molecule has 0 aliphatic carbocycles. The van der Waals surface area contributed by atoms with E-state index in [1.54, 1.807) is 0 Å². The van der Waals surface area contributed by atoms with Gasteiger partial charge in [-0.3, -0.25) is 4.79 Å². The lowest BCUT2D eigenvalue weighted by Gasteiger charge is -2.04. The first-order valence-corrected chi connectivity index (χ1v) is 10.6. The summed E-state index contributed by atoms with van der Waals surface area (Å²) in [5.41, 5.74) is 0. The van der Waals surface area contributed by atoms with Crippen LogP contribution < -0.4 is 0 Å². The van der Waals surface area contributed by atoms with Gasteiger partial charge in [0.2, 0.25) is 0 Å². The topological polar surface area (TPSA) is 26.3 Å². The minimum Gasteiger partial charge on any atom is -0.466 e. The number of carbonyl (C=O) groups is 1. The standard InChI is InChI=1S/C22H42O2/c1-3-5-7-8-9-10-11-12-13-14-15-16-17-18-19-20-22(23)24-21-6-4-2/h10-11H,3-9,12-21H2,1-2H3. The Morgan fingerprint density at radius 2 is 1.17 bits per heavy atom. The zero-order chi connectivity index (χ0) is 17.7. The van der Waals surface area contributed by atoms with Crippen molar-refractivity contribution < 1.29 is 9.53 Å². The molecule has 142 valence electrons. The molecule has 0 unspecified atom stereocenters. The normalized spacial score (nSPS) is 11.2. The van der Waals surface area contributed by atoms with Gasteiger partial charge in [0, 0.05) is 6.42 Å². The van der Waals surface area contributed by atoms with Crippen LogP contribution in [0, 0.1) is 0 Å². The van der Waals surface area contributed by atoms with Gasteiger partial charge in [-0.15, -0.1) is 0 Å². The van der Waals surface area contributed by atoms with Crippen LogP contribution >= 0.6 is 0 Å². The van der Waals surface area contributed by atoms with Crippen molar-refractivity contribution in [1.29, 1.82) is 0 Å². The average Bonchev–Trinajstić information content (AvgIpc) is 2.58. The lowest BCUT2D eigenvalue weighted by molar-refractivity contribution is -0.143. The molecule has 2 heteroatoms. The second kappa shape index (κ2) is 20.3. The fraction of sp³-hybridized carbons (Fsp3) is 0.864. The maximum Gasteiger partial charge on any atom is 0.305 e. The molecule has 2 nitrogen and oxygen atoms in total. The van der Waals surface area contributed by atoms with Crippen LogP contribution in [0.4, 0.5) is 0 Å². The SMILES string of the molecule is CCCCCCC=CCCCCCCCCCC(=O)OCCCC. The Bertz CT molecular complexity index is 284. The Balaban J connectivity index is 3.14. The molecule has 0 amide bonds. The summed E-state index contributed by atoms with van der Waals surface area (Å²) in [4.78, 5) is 11.4. The Kier molecular flexibility index (Phi) is 19.6. The van der Waals surface area contributed by atoms with E-state index >= 15 is 0 Å². The van der Waals surface area contributed by atoms with E-state index in [-0.39, 0.29) is 5.97 Å². The van der Waals surface area contributed by atoms with Crippen molar-refractivity contribution in [3.8, 4) is 0 Å². The molecule has 0 fully saturated rings. The monoisotopic (exact) mass is 338 g/mol. The third-order valence-electron chi connectivity index (χ3n) is 4.40. The van der Waals surface area contributed by atoms with E-state index in [2.05, 4.69) is 26.0 Å². The van der Waals surface area contributed by atoms with Crippen molar-refractivity contribution in [3.63, 3.8) is 0 Å². The van der Waals surface area contributed by atoms with Crippen LogP contribution in [0.2, 0.25) is 0 Å². The molecule has 0 aliphatic rings. The van der Waals surface area contributed by atoms with E-state index in [1.165, 1.54) is 77.0 Å². The van der Waals surface area contributed by atoms with E-state index in [0.717, 1.165) is 19.3 Å². The van der Waals surface area contributed by atoms with Crippen LogP contribution in [0.3, 0.4) is 0 Å². The second-order valence-electron chi connectivity index (χ2n) is 6.91. The molecule has 0 radical (unpaired) electrons. The van der Waals surface area contributed by atoms with Crippen molar-refractivity contribution >= 4 is 5.97 Å². The van der Waals surface area contributed by atoms with E-state index in [1.807, 2.05) is 0 Å². The highest BCUT2D eigenvalue weighted by atomic mass is 16.5. The predicted molar refractivity (Wildman–Crippen MR) is 105 cm³/mol. The number of hydrogen-bond acceptors (Lipinski definition) is 2. The highest BCUT2D eigenvalue weighted by Crippen LogP contribution is 2.11. The quantitative estimate of drug-likeness (QED) is 0.148. The van der Waals surface area contributed by atoms with E-state index < -0.39 is 0 Å². The third kappa shape index (κ3) is 19.3. The highest BCUT2D eigenvalue weighted by molar-refractivity contribution is 5.69. The summed E-state index contributed by atoms with van der Waals surface area (Å²) in [6.45, 7) is 4.97. The maximum absolute atomic E-state index is 11.4. The van der Waals surface area contributed by atoms with Crippen LogP contribution in [0.15, 0.2) is 12.2 Å². The molecule has 0 rings (SSSR count). The van der Waals surface area contributed by atoms with Gasteiger partial charge in [-0.05, 0) is 38.5 Å². The summed E-state index contributed by atoms with van der Waals surface area (Å²) in [6.07, 6.45) is 24.1. The van der Waals surface area contributed by atoms with Gasteiger partial charge in [0.1, 0.15) is 0 Å². The van der Waals surface area contributed by atoms with E-state index in [0.29, 0.717) is 13.0 Å². The lowest BCUT2D eigenvalue weighted by atomic mass is 10.1. The third-order valence-corrected chi connectivity index (χ3v) is 4.40. The Morgan fingerprint density at radius 3 is 1.75 bits per heavy atom. The second-order valence-corrected chi connectivity index (χ2v) is 6.91. The number of hydrogen-bond donors (Lipinski definition) is 0. The van der Waals surface area contributed by atoms with Gasteiger partial charge in [-0.25, -0.2) is 0 Å². The van der Waals surface area contributed by atoms with Crippen LogP contribution in [-0.2, 0) is 9.53 Å². The number of unbranched alkanes of at least 4 members (excludes halogenated alkanes) is 12. The molecule has 0 heterocycles. The zero-order valence-corrected chi connectivity index (χ0v) is 16.5. The van der Waals surface area contributed by atoms with Gasteiger partial charge in [0.25, 0.3) is 0 Å². The molecular weight excluding hydrogens is 296 g/mol. The number of rotatable bonds is 18. The molecule has 0 atom stereocenters. The van der Waals surface area contributed by atoms with Gasteiger partial charge in [0.05, 0.1) is 6.61 Å². The van der Waals surface area contributed by atoms with Crippen molar-refractivity contribution in [1.82, 2.24) is 0 Å². The number of allylic oxidation sites excluding steroid dienone is 2. The fourth-order valence-corrected chi connectivity index (χ4v) is 2.74. The summed E-state index contributed by atoms with van der Waals surface area (Å²) in [5.74, 6) is -0.00932. The zero-order valence-electron chi connectivity index (χ0n) is 16.5. The molecule has 0 spiro atoms. The Hall–Kier alpha value is -0.790. The van der Waals surface area contributed by atoms with Gasteiger partial charge in [0.15, 0.2) is 0 Å². The number of carbonyl (C=O) groups excluding carboxylic acids is 1. The molecule has 24 heavy (non-hydrogen) atoms. The van der Waals surface area contributed by atoms with E-state index in [9.17, 15) is 4.79 Å². The molecule has 0 aromatic carbocycles. The van der Waals surface area contributed by atoms with Crippen molar-refractivity contribution in [2.75, 3.05) is 6.61 Å². The molecule has 0 saturated carbocycles. The predicted octanol–water partition coefficient (Wildman–Crippen LogP) is 7.37. The number of esters is 1. The van der Waals surface area contributed by atoms with Crippen molar-refractivity contribution in [2.24, 2.45) is 0 Å². The van der Waals surface area contributed by atoms with E-state index in [4.69, 9.17) is 4.74 Å². The highest BCUT2D eigenvalue weighted by Gasteiger charge is 2.01. The average molecular weight is 339 g/mol. The summed E-state index contributed by atoms with van der Waals surface area (Å²) in [6, 6.07) is 0. The summed E-state index contributed by atoms with van der Waals surface area (Å²) in [5, 5.41) is 0. The van der Waals surface area contributed by atoms with Crippen LogP contribution in [0.1, 0.15) is 117 Å². The molecular formula is C22H42O2. The van der Waals surface area contributed by atoms with Crippen molar-refractivity contribution in [2.45, 2.75) is 117 Å². The Labute approximate surface area is 151 Å². The van der Waals surface area contributed by atoms with Crippen LogP contribution in [-0.4, -0.2) is 12.6 Å². The first kappa shape index (κ1) is 23.2. The molecule has 0 aromatic rings. The van der Waals surface area contributed by atoms with Gasteiger partial charge in [-0.1, -0.05) is 83.8 Å². The Morgan fingerprint density at radius 1 is 0.667 bits per heavy atom. The van der Waals surface area contributed by atoms with Crippen LogP contribution in [0.25, 0.3) is 0 Å². The fourth-order valence-electron chi connectivity index (χ4n) is 2.74. The molecule has 0 aromatic heterocycles. The minimum absolute atomic E-state index is 0.00932. The molecule has 0 bridgehead atoms. The maximum atomic E-state index is 11.4. The molecule has 0 aliphatic heterocycles. The first-order chi connectivity index (χ1) is 11.8. The van der Waals surface area contributed by atoms with Crippen LogP contribution in [0.5, 0.6) is 0 Å². The van der Waals surface area contributed by atoms with Gasteiger partial charge in [-0.2, -0.15) is 0 Å². The lowest BCUT2D eigenvalue weighted by Crippen LogP contribution is -2.05. The summed E-state index contributed by atoms with van der Waals surface area (Å²) < 4.78 is 5.16. The molecule has 0 N–H and O–H groups in total. The number of ether oxygens (including phenoxy) is 1.